The van der Waals surface area contributed by atoms with E-state index in [1.54, 1.807) is 13.8 Å². The maximum absolute atomic E-state index is 12.3. The van der Waals surface area contributed by atoms with Crippen molar-refractivity contribution in [2.45, 2.75) is 32.7 Å². The van der Waals surface area contributed by atoms with Crippen molar-refractivity contribution in [1.82, 2.24) is 9.62 Å². The van der Waals surface area contributed by atoms with Gasteiger partial charge in [0.25, 0.3) is 0 Å². The molecular weight excluding hydrogens is 296 g/mol. The molecule has 1 fully saturated rings. The lowest BCUT2D eigenvalue weighted by Crippen LogP contribution is -2.51. The molecule has 0 aromatic heterocycles. The molecule has 1 aliphatic rings. The summed E-state index contributed by atoms with van der Waals surface area (Å²) in [5.41, 5.74) is 0. The number of sulfonamides is 1. The van der Waals surface area contributed by atoms with Gasteiger partial charge in [0.05, 0.1) is 19.4 Å². The highest BCUT2D eigenvalue weighted by atomic mass is 32.2. The van der Waals surface area contributed by atoms with Crippen molar-refractivity contribution >= 4 is 21.9 Å². The molecule has 1 atom stereocenters. The highest BCUT2D eigenvalue weighted by Crippen LogP contribution is 2.24. The van der Waals surface area contributed by atoms with Crippen molar-refractivity contribution in [3.05, 3.63) is 0 Å². The van der Waals surface area contributed by atoms with Gasteiger partial charge in [-0.2, -0.15) is 0 Å². The lowest BCUT2D eigenvalue weighted by Gasteiger charge is -2.34. The van der Waals surface area contributed by atoms with Crippen LogP contribution in [0.25, 0.3) is 0 Å². The lowest BCUT2D eigenvalue weighted by atomic mass is 9.84. The number of carbonyl (C=O) groups excluding carboxylic acids is 2. The summed E-state index contributed by atoms with van der Waals surface area (Å²) in [7, 11) is -1.95. The number of methoxy groups -OCH3 is 1. The molecule has 0 saturated carbocycles. The monoisotopic (exact) mass is 320 g/mol. The van der Waals surface area contributed by atoms with Crippen LogP contribution < -0.4 is 5.32 Å². The highest BCUT2D eigenvalue weighted by Gasteiger charge is 2.35. The van der Waals surface area contributed by atoms with Gasteiger partial charge >= 0.3 is 6.09 Å². The molecule has 1 saturated heterocycles. The van der Waals surface area contributed by atoms with Crippen molar-refractivity contribution in [3.63, 3.8) is 0 Å². The Hall–Kier alpha value is -1.15. The fourth-order valence-electron chi connectivity index (χ4n) is 2.51. The van der Waals surface area contributed by atoms with Crippen molar-refractivity contribution in [2.75, 3.05) is 26.5 Å². The zero-order valence-corrected chi connectivity index (χ0v) is 13.8. The van der Waals surface area contributed by atoms with Crippen LogP contribution in [-0.4, -0.2) is 57.1 Å². The number of amides is 1. The summed E-state index contributed by atoms with van der Waals surface area (Å²) in [6.07, 6.45) is 1.62. The van der Waals surface area contributed by atoms with Gasteiger partial charge in [0.15, 0.2) is 5.78 Å². The molecule has 0 spiro atoms. The Morgan fingerprint density at radius 3 is 2.14 bits per heavy atom. The molecule has 0 aromatic rings. The molecular formula is C13H24N2O5S. The SMILES string of the molecule is COC(=O)N[C@H](C(=O)C(C)C)C1CCN(S(C)(=O)=O)CC1. The molecule has 1 amide bonds. The average molecular weight is 320 g/mol. The third kappa shape index (κ3) is 4.96. The summed E-state index contributed by atoms with van der Waals surface area (Å²) < 4.78 is 29.0. The van der Waals surface area contributed by atoms with Crippen molar-refractivity contribution in [3.8, 4) is 0 Å². The topological polar surface area (TPSA) is 92.8 Å². The van der Waals surface area contributed by atoms with E-state index in [1.165, 1.54) is 17.7 Å². The third-order valence-corrected chi connectivity index (χ3v) is 5.08. The van der Waals surface area contributed by atoms with Gasteiger partial charge in [-0.25, -0.2) is 17.5 Å². The number of piperidine rings is 1. The quantitative estimate of drug-likeness (QED) is 0.801. The van der Waals surface area contributed by atoms with Crippen LogP contribution in [0.4, 0.5) is 4.79 Å². The van der Waals surface area contributed by atoms with E-state index in [9.17, 15) is 18.0 Å². The number of carbonyl (C=O) groups is 2. The number of Topliss-reactive ketones (excluding diaryl/α,β-unsaturated/α-hetero) is 1. The van der Waals surface area contributed by atoms with Gasteiger partial charge in [0.1, 0.15) is 0 Å². The Labute approximate surface area is 126 Å². The third-order valence-electron chi connectivity index (χ3n) is 3.77. The molecule has 21 heavy (non-hydrogen) atoms. The first-order valence-corrected chi connectivity index (χ1v) is 8.85. The first kappa shape index (κ1) is 17.9. The molecule has 1 aliphatic heterocycles. The number of ether oxygens (including phenoxy) is 1. The van der Waals surface area contributed by atoms with E-state index in [0.717, 1.165) is 0 Å². The fraction of sp³-hybridized carbons (Fsp3) is 0.846. The molecule has 7 nitrogen and oxygen atoms in total. The molecule has 0 radical (unpaired) electrons. The van der Waals surface area contributed by atoms with Crippen LogP contribution in [0, 0.1) is 11.8 Å². The summed E-state index contributed by atoms with van der Waals surface area (Å²) in [5, 5.41) is 2.59. The van der Waals surface area contributed by atoms with Gasteiger partial charge in [-0.05, 0) is 18.8 Å². The molecule has 0 unspecified atom stereocenters. The smallest absolute Gasteiger partial charge is 0.407 e. The minimum atomic E-state index is -3.20. The predicted octanol–water partition coefficient (Wildman–Crippen LogP) is 0.608. The van der Waals surface area contributed by atoms with E-state index in [0.29, 0.717) is 25.9 Å². The van der Waals surface area contributed by atoms with E-state index in [2.05, 4.69) is 10.1 Å². The van der Waals surface area contributed by atoms with Crippen LogP contribution in [0.3, 0.4) is 0 Å². The zero-order valence-electron chi connectivity index (χ0n) is 13.0. The van der Waals surface area contributed by atoms with Crippen LogP contribution in [0.1, 0.15) is 26.7 Å². The van der Waals surface area contributed by atoms with E-state index >= 15 is 0 Å². The van der Waals surface area contributed by atoms with Crippen molar-refractivity contribution < 1.29 is 22.7 Å². The largest absolute Gasteiger partial charge is 0.453 e. The van der Waals surface area contributed by atoms with Crippen LogP contribution in [-0.2, 0) is 19.6 Å². The molecule has 1 N–H and O–H groups in total. The second-order valence-corrected chi connectivity index (χ2v) is 7.65. The summed E-state index contributed by atoms with van der Waals surface area (Å²) in [4.78, 5) is 23.7. The minimum absolute atomic E-state index is 0.0572. The van der Waals surface area contributed by atoms with E-state index in [1.807, 2.05) is 0 Å². The molecule has 122 valence electrons. The van der Waals surface area contributed by atoms with Gasteiger partial charge in [-0.15, -0.1) is 0 Å². The number of nitrogens with one attached hydrogen (secondary N) is 1. The van der Waals surface area contributed by atoms with Crippen LogP contribution in [0.2, 0.25) is 0 Å². The number of alkyl carbamates (subject to hydrolysis) is 1. The van der Waals surface area contributed by atoms with Crippen molar-refractivity contribution in [1.29, 1.82) is 0 Å². The van der Waals surface area contributed by atoms with E-state index in [4.69, 9.17) is 0 Å². The molecule has 0 aromatic carbocycles. The van der Waals surface area contributed by atoms with Gasteiger partial charge in [0, 0.05) is 19.0 Å². The Bertz CT molecular complexity index is 481. The Morgan fingerprint density at radius 2 is 1.76 bits per heavy atom. The second kappa shape index (κ2) is 7.22. The Balaban J connectivity index is 2.77. The number of ketones is 1. The number of rotatable bonds is 5. The number of hydrogen-bond acceptors (Lipinski definition) is 5. The molecule has 1 rings (SSSR count). The normalized spacial score (nSPS) is 19.3. The lowest BCUT2D eigenvalue weighted by molar-refractivity contribution is -0.125. The predicted molar refractivity (Wildman–Crippen MR) is 78.3 cm³/mol. The summed E-state index contributed by atoms with van der Waals surface area (Å²) >= 11 is 0. The molecule has 8 heteroatoms. The highest BCUT2D eigenvalue weighted by molar-refractivity contribution is 7.88. The maximum atomic E-state index is 12.3. The zero-order chi connectivity index (χ0) is 16.2. The fourth-order valence-corrected chi connectivity index (χ4v) is 3.38. The van der Waals surface area contributed by atoms with Crippen LogP contribution in [0.15, 0.2) is 0 Å². The first-order valence-electron chi connectivity index (χ1n) is 7.00. The van der Waals surface area contributed by atoms with Crippen LogP contribution in [0.5, 0.6) is 0 Å². The first-order chi connectivity index (χ1) is 9.66. The summed E-state index contributed by atoms with van der Waals surface area (Å²) in [6, 6.07) is -0.626. The van der Waals surface area contributed by atoms with Crippen molar-refractivity contribution in [2.24, 2.45) is 11.8 Å². The summed E-state index contributed by atoms with van der Waals surface area (Å²) in [5.74, 6) is -0.338. The van der Waals surface area contributed by atoms with Gasteiger partial charge in [0.2, 0.25) is 10.0 Å². The Morgan fingerprint density at radius 1 is 1.24 bits per heavy atom. The standard InChI is InChI=1S/C13H24N2O5S/c1-9(2)12(16)11(14-13(17)20-3)10-5-7-15(8-6-10)21(4,18)19/h9-11H,5-8H2,1-4H3,(H,14,17)/t11-/m0/s1. The summed E-state index contributed by atoms with van der Waals surface area (Å²) in [6.45, 7) is 4.29. The van der Waals surface area contributed by atoms with Gasteiger partial charge < -0.3 is 10.1 Å². The molecule has 0 aliphatic carbocycles. The van der Waals surface area contributed by atoms with Gasteiger partial charge in [-0.3, -0.25) is 4.79 Å². The molecule has 1 heterocycles. The van der Waals surface area contributed by atoms with Gasteiger partial charge in [-0.1, -0.05) is 13.8 Å². The minimum Gasteiger partial charge on any atom is -0.453 e. The average Bonchev–Trinajstić information content (AvgIpc) is 2.42. The number of hydrogen-bond donors (Lipinski definition) is 1. The number of nitrogens with zero attached hydrogens (tertiary/aromatic N) is 1. The van der Waals surface area contributed by atoms with Crippen LogP contribution >= 0.6 is 0 Å². The van der Waals surface area contributed by atoms with E-state index in [-0.39, 0.29) is 17.6 Å². The second-order valence-electron chi connectivity index (χ2n) is 5.67. The Kier molecular flexibility index (Phi) is 6.15. The molecule has 0 bridgehead atoms. The maximum Gasteiger partial charge on any atom is 0.407 e. The van der Waals surface area contributed by atoms with E-state index < -0.39 is 22.2 Å².